The fraction of sp³-hybridized carbons (Fsp3) is 0.214. The Bertz CT molecular complexity index is 1950. The van der Waals surface area contributed by atoms with E-state index >= 15 is 0 Å². The average Bonchev–Trinajstić information content (AvgIpc) is 3.44. The minimum atomic E-state index is -0.537. The molecule has 5 heteroatoms. The number of phenols is 1. The van der Waals surface area contributed by atoms with Crippen LogP contribution in [0.25, 0.3) is 33.9 Å². The molecule has 0 aliphatic heterocycles. The predicted octanol–water partition coefficient (Wildman–Crippen LogP) is 9.87. The SMILES string of the molecule is CCCCC(CC)COc1nc(-c2ccccc2O)nc(-c2cccc3c2-c2ccccc2C3(c2ccccc2)c2ccccc2)n1. The highest BCUT2D eigenvalue weighted by molar-refractivity contribution is 5.94. The molecule has 1 atom stereocenters. The molecule has 0 bridgehead atoms. The molecule has 1 unspecified atom stereocenters. The molecule has 0 amide bonds. The molecule has 5 nitrogen and oxygen atoms in total. The molecule has 0 spiro atoms. The monoisotopic (exact) mass is 617 g/mol. The smallest absolute Gasteiger partial charge is 0.320 e. The number of hydrogen-bond acceptors (Lipinski definition) is 5. The van der Waals surface area contributed by atoms with Gasteiger partial charge in [0, 0.05) is 5.56 Å². The first-order chi connectivity index (χ1) is 23.1. The number of nitrogens with zero attached hydrogens (tertiary/aromatic N) is 3. The second kappa shape index (κ2) is 13.2. The Morgan fingerprint density at radius 2 is 1.19 bits per heavy atom. The summed E-state index contributed by atoms with van der Waals surface area (Å²) in [6.45, 7) is 4.94. The van der Waals surface area contributed by atoms with Crippen molar-refractivity contribution >= 4 is 0 Å². The van der Waals surface area contributed by atoms with Gasteiger partial charge in [0.2, 0.25) is 0 Å². The summed E-state index contributed by atoms with van der Waals surface area (Å²) >= 11 is 0. The second-order valence-electron chi connectivity index (χ2n) is 12.3. The number of unbranched alkanes of at least 4 members (excludes halogenated alkanes) is 1. The molecule has 1 aromatic heterocycles. The Morgan fingerprint density at radius 3 is 1.85 bits per heavy atom. The van der Waals surface area contributed by atoms with Crippen molar-refractivity contribution in [3.05, 3.63) is 150 Å². The Labute approximate surface area is 277 Å². The van der Waals surface area contributed by atoms with Gasteiger partial charge in [-0.05, 0) is 57.9 Å². The van der Waals surface area contributed by atoms with Crippen LogP contribution < -0.4 is 4.74 Å². The van der Waals surface area contributed by atoms with Crippen molar-refractivity contribution in [3.8, 4) is 45.7 Å². The fourth-order valence-corrected chi connectivity index (χ4v) is 7.09. The first-order valence-electron chi connectivity index (χ1n) is 16.7. The number of aromatic hydroxyl groups is 1. The van der Waals surface area contributed by atoms with E-state index in [1.807, 2.05) is 12.1 Å². The summed E-state index contributed by atoms with van der Waals surface area (Å²) in [7, 11) is 0. The van der Waals surface area contributed by atoms with E-state index in [2.05, 4.69) is 117 Å². The van der Waals surface area contributed by atoms with Gasteiger partial charge in [-0.2, -0.15) is 9.97 Å². The summed E-state index contributed by atoms with van der Waals surface area (Å²) in [6.07, 6.45) is 4.43. The number of aromatic nitrogens is 3. The minimum Gasteiger partial charge on any atom is -0.507 e. The van der Waals surface area contributed by atoms with Crippen LogP contribution in [0.2, 0.25) is 0 Å². The lowest BCUT2D eigenvalue weighted by Crippen LogP contribution is -2.28. The van der Waals surface area contributed by atoms with E-state index in [-0.39, 0.29) is 11.8 Å². The van der Waals surface area contributed by atoms with Crippen LogP contribution in [0.5, 0.6) is 11.8 Å². The Hall–Kier alpha value is -5.29. The van der Waals surface area contributed by atoms with Gasteiger partial charge in [0.15, 0.2) is 11.6 Å². The molecule has 1 heterocycles. The van der Waals surface area contributed by atoms with Gasteiger partial charge < -0.3 is 9.84 Å². The summed E-state index contributed by atoms with van der Waals surface area (Å²) < 4.78 is 6.34. The largest absolute Gasteiger partial charge is 0.507 e. The van der Waals surface area contributed by atoms with Crippen LogP contribution in [0.15, 0.2) is 127 Å². The number of para-hydroxylation sites is 1. The Balaban J connectivity index is 1.45. The normalized spacial score (nSPS) is 13.5. The Morgan fingerprint density at radius 1 is 0.617 bits per heavy atom. The zero-order valence-corrected chi connectivity index (χ0v) is 26.9. The summed E-state index contributed by atoms with van der Waals surface area (Å²) in [5.41, 5.74) is 7.91. The van der Waals surface area contributed by atoms with Crippen molar-refractivity contribution < 1.29 is 9.84 Å². The third-order valence-electron chi connectivity index (χ3n) is 9.47. The number of phenolic OH excluding ortho intramolecular Hbond substituents is 1. The van der Waals surface area contributed by atoms with Gasteiger partial charge in [-0.15, -0.1) is 0 Å². The van der Waals surface area contributed by atoms with Crippen LogP contribution in [0.3, 0.4) is 0 Å². The van der Waals surface area contributed by atoms with Gasteiger partial charge in [0.05, 0.1) is 17.6 Å². The number of ether oxygens (including phenoxy) is 1. The standard InChI is InChI=1S/C42H39N3O2/c1-3-5-17-29(4-2)28-47-41-44-39(33-23-13-15-27-37(33)46)43-40(45-41)34-24-16-26-36-38(34)32-22-12-14-25-35(32)42(36,30-18-8-6-9-19-30)31-20-10-7-11-21-31/h6-16,18-27,29,46H,3-5,17,28H2,1-2H3. The van der Waals surface area contributed by atoms with E-state index in [1.54, 1.807) is 12.1 Å². The van der Waals surface area contributed by atoms with Crippen molar-refractivity contribution in [2.45, 2.75) is 44.9 Å². The third kappa shape index (κ3) is 5.46. The van der Waals surface area contributed by atoms with E-state index < -0.39 is 5.41 Å². The summed E-state index contributed by atoms with van der Waals surface area (Å²) in [6, 6.07) is 44.0. The molecule has 0 saturated carbocycles. The molecule has 1 aliphatic rings. The van der Waals surface area contributed by atoms with Crippen LogP contribution in [0, 0.1) is 5.92 Å². The highest BCUT2D eigenvalue weighted by Gasteiger charge is 2.47. The van der Waals surface area contributed by atoms with Crippen LogP contribution in [0.4, 0.5) is 0 Å². The summed E-state index contributed by atoms with van der Waals surface area (Å²) in [5.74, 6) is 1.42. The molecule has 47 heavy (non-hydrogen) atoms. The van der Waals surface area contributed by atoms with Gasteiger partial charge in [0.1, 0.15) is 5.75 Å². The topological polar surface area (TPSA) is 68.1 Å². The number of rotatable bonds is 11. The van der Waals surface area contributed by atoms with Crippen molar-refractivity contribution in [2.75, 3.05) is 6.61 Å². The molecule has 0 fully saturated rings. The quantitative estimate of drug-likeness (QED) is 0.156. The highest BCUT2D eigenvalue weighted by Crippen LogP contribution is 2.58. The molecule has 6 aromatic rings. The molecule has 7 rings (SSSR count). The van der Waals surface area contributed by atoms with Gasteiger partial charge in [0.25, 0.3) is 0 Å². The van der Waals surface area contributed by atoms with Crippen molar-refractivity contribution in [1.29, 1.82) is 0 Å². The lowest BCUT2D eigenvalue weighted by molar-refractivity contribution is 0.217. The van der Waals surface area contributed by atoms with Gasteiger partial charge in [-0.25, -0.2) is 4.98 Å². The minimum absolute atomic E-state index is 0.112. The average molecular weight is 618 g/mol. The van der Waals surface area contributed by atoms with Gasteiger partial charge >= 0.3 is 6.01 Å². The molecular formula is C42H39N3O2. The third-order valence-corrected chi connectivity index (χ3v) is 9.47. The fourth-order valence-electron chi connectivity index (χ4n) is 7.09. The maximum Gasteiger partial charge on any atom is 0.320 e. The maximum atomic E-state index is 10.8. The van der Waals surface area contributed by atoms with Crippen molar-refractivity contribution in [3.63, 3.8) is 0 Å². The number of benzene rings is 5. The van der Waals surface area contributed by atoms with E-state index in [0.29, 0.717) is 29.7 Å². The maximum absolute atomic E-state index is 10.8. The number of hydrogen-bond donors (Lipinski definition) is 1. The predicted molar refractivity (Wildman–Crippen MR) is 188 cm³/mol. The Kier molecular flexibility index (Phi) is 8.54. The zero-order valence-electron chi connectivity index (χ0n) is 26.9. The number of fused-ring (bicyclic) bond motifs is 3. The first-order valence-corrected chi connectivity index (χ1v) is 16.7. The molecule has 1 aliphatic carbocycles. The van der Waals surface area contributed by atoms with E-state index in [9.17, 15) is 5.11 Å². The molecule has 5 aromatic carbocycles. The van der Waals surface area contributed by atoms with Gasteiger partial charge in [-0.3, -0.25) is 0 Å². The van der Waals surface area contributed by atoms with Crippen LogP contribution in [-0.2, 0) is 5.41 Å². The second-order valence-corrected chi connectivity index (χ2v) is 12.3. The van der Waals surface area contributed by atoms with Crippen LogP contribution in [-0.4, -0.2) is 26.7 Å². The summed E-state index contributed by atoms with van der Waals surface area (Å²) in [5, 5.41) is 10.8. The highest BCUT2D eigenvalue weighted by atomic mass is 16.5. The van der Waals surface area contributed by atoms with Crippen molar-refractivity contribution in [2.24, 2.45) is 5.92 Å². The molecule has 0 radical (unpaired) electrons. The van der Waals surface area contributed by atoms with Gasteiger partial charge in [-0.1, -0.05) is 148 Å². The van der Waals surface area contributed by atoms with Crippen LogP contribution in [0.1, 0.15) is 61.8 Å². The first kappa shape index (κ1) is 30.4. The summed E-state index contributed by atoms with van der Waals surface area (Å²) in [4.78, 5) is 14.7. The van der Waals surface area contributed by atoms with E-state index in [4.69, 9.17) is 19.7 Å². The van der Waals surface area contributed by atoms with E-state index in [0.717, 1.165) is 42.4 Å². The molecule has 234 valence electrons. The zero-order chi connectivity index (χ0) is 32.2. The lowest BCUT2D eigenvalue weighted by atomic mass is 9.67. The van der Waals surface area contributed by atoms with E-state index in [1.165, 1.54) is 22.3 Å². The molecule has 1 N–H and O–H groups in total. The lowest BCUT2D eigenvalue weighted by Gasteiger charge is -2.33. The van der Waals surface area contributed by atoms with Crippen LogP contribution >= 0.6 is 0 Å². The molecular weight excluding hydrogens is 578 g/mol. The van der Waals surface area contributed by atoms with Crippen molar-refractivity contribution in [1.82, 2.24) is 15.0 Å². The molecule has 0 saturated heterocycles.